The van der Waals surface area contributed by atoms with Gasteiger partial charge in [0, 0.05) is 11.3 Å². The van der Waals surface area contributed by atoms with Crippen LogP contribution in [0.3, 0.4) is 0 Å². The second-order valence-electron chi connectivity index (χ2n) is 5.89. The molecule has 3 heteroatoms. The lowest BCUT2D eigenvalue weighted by molar-refractivity contribution is -0.885. The summed E-state index contributed by atoms with van der Waals surface area (Å²) >= 11 is 0. The Labute approximate surface area is 133 Å². The summed E-state index contributed by atoms with van der Waals surface area (Å²) in [7, 11) is 2.04. The van der Waals surface area contributed by atoms with Crippen molar-refractivity contribution in [2.45, 2.75) is 26.8 Å². The average Bonchev–Trinajstić information content (AvgIpc) is 2.50. The maximum Gasteiger partial charge on any atom is 0.279 e. The predicted molar refractivity (Wildman–Crippen MR) is 91.1 cm³/mol. The van der Waals surface area contributed by atoms with E-state index in [2.05, 4.69) is 55.6 Å². The van der Waals surface area contributed by atoms with Gasteiger partial charge in [-0.05, 0) is 31.0 Å². The minimum Gasteiger partial charge on any atom is -0.326 e. The number of nitrogens with one attached hydrogen (secondary N) is 2. The summed E-state index contributed by atoms with van der Waals surface area (Å²) in [6, 6.07) is 16.5. The van der Waals surface area contributed by atoms with Crippen molar-refractivity contribution >= 4 is 11.6 Å². The van der Waals surface area contributed by atoms with Crippen molar-refractivity contribution in [2.24, 2.45) is 0 Å². The van der Waals surface area contributed by atoms with Crippen LogP contribution in [0, 0.1) is 6.92 Å². The molecule has 0 spiro atoms. The van der Waals surface area contributed by atoms with E-state index in [0.717, 1.165) is 18.7 Å². The highest BCUT2D eigenvalue weighted by molar-refractivity contribution is 5.91. The number of carbonyl (C=O) groups excluding carboxylic acids is 1. The highest BCUT2D eigenvalue weighted by Crippen LogP contribution is 2.09. The number of hydrogen-bond acceptors (Lipinski definition) is 1. The van der Waals surface area contributed by atoms with Crippen LogP contribution >= 0.6 is 0 Å². The number of rotatable bonds is 6. The molecule has 2 rings (SSSR count). The molecule has 2 N–H and O–H groups in total. The summed E-state index contributed by atoms with van der Waals surface area (Å²) in [4.78, 5) is 13.3. The highest BCUT2D eigenvalue weighted by Gasteiger charge is 2.10. The van der Waals surface area contributed by atoms with Crippen molar-refractivity contribution in [3.63, 3.8) is 0 Å². The number of anilines is 1. The van der Waals surface area contributed by atoms with E-state index in [1.807, 2.05) is 19.2 Å². The third kappa shape index (κ3) is 5.01. The molecule has 1 unspecified atom stereocenters. The zero-order chi connectivity index (χ0) is 15.9. The Morgan fingerprint density at radius 3 is 2.18 bits per heavy atom. The van der Waals surface area contributed by atoms with Crippen molar-refractivity contribution in [3.8, 4) is 0 Å². The van der Waals surface area contributed by atoms with Gasteiger partial charge in [0.1, 0.15) is 6.54 Å². The fraction of sp³-hybridized carbons (Fsp3) is 0.316. The van der Waals surface area contributed by atoms with Gasteiger partial charge in [0.25, 0.3) is 5.91 Å². The number of quaternary nitrogens is 1. The molecule has 0 saturated heterocycles. The molecule has 1 amide bonds. The van der Waals surface area contributed by atoms with Crippen molar-refractivity contribution in [3.05, 3.63) is 65.2 Å². The van der Waals surface area contributed by atoms with E-state index in [1.165, 1.54) is 21.6 Å². The van der Waals surface area contributed by atoms with Crippen molar-refractivity contribution in [1.82, 2.24) is 0 Å². The number of aryl methyl sites for hydroxylation is 2. The first-order chi connectivity index (χ1) is 10.6. The summed E-state index contributed by atoms with van der Waals surface area (Å²) in [5, 5.41) is 2.96. The SMILES string of the molecule is CCc1ccc(NC(=O)C[NH+](C)Cc2ccc(C)cc2)cc1. The smallest absolute Gasteiger partial charge is 0.279 e. The Kier molecular flexibility index (Phi) is 5.73. The lowest BCUT2D eigenvalue weighted by Gasteiger charge is -2.14. The van der Waals surface area contributed by atoms with Crippen LogP contribution in [0.4, 0.5) is 5.69 Å². The lowest BCUT2D eigenvalue weighted by Crippen LogP contribution is -3.08. The van der Waals surface area contributed by atoms with Gasteiger partial charge in [-0.3, -0.25) is 4.79 Å². The van der Waals surface area contributed by atoms with Gasteiger partial charge < -0.3 is 10.2 Å². The van der Waals surface area contributed by atoms with Gasteiger partial charge in [0.2, 0.25) is 0 Å². The first kappa shape index (κ1) is 16.2. The Morgan fingerprint density at radius 1 is 1.00 bits per heavy atom. The Morgan fingerprint density at radius 2 is 1.59 bits per heavy atom. The van der Waals surface area contributed by atoms with Crippen LogP contribution in [0.25, 0.3) is 0 Å². The van der Waals surface area contributed by atoms with E-state index in [4.69, 9.17) is 0 Å². The van der Waals surface area contributed by atoms with Gasteiger partial charge >= 0.3 is 0 Å². The zero-order valence-electron chi connectivity index (χ0n) is 13.6. The molecule has 0 radical (unpaired) electrons. The average molecular weight is 297 g/mol. The van der Waals surface area contributed by atoms with E-state index in [0.29, 0.717) is 6.54 Å². The van der Waals surface area contributed by atoms with Gasteiger partial charge in [0.05, 0.1) is 7.05 Å². The number of amides is 1. The fourth-order valence-electron chi connectivity index (χ4n) is 2.42. The molecule has 3 nitrogen and oxygen atoms in total. The molecule has 0 aliphatic rings. The van der Waals surface area contributed by atoms with Crippen LogP contribution in [-0.4, -0.2) is 19.5 Å². The quantitative estimate of drug-likeness (QED) is 0.842. The van der Waals surface area contributed by atoms with Crippen molar-refractivity contribution in [2.75, 3.05) is 18.9 Å². The highest BCUT2D eigenvalue weighted by atomic mass is 16.2. The van der Waals surface area contributed by atoms with E-state index < -0.39 is 0 Å². The maximum atomic E-state index is 12.1. The van der Waals surface area contributed by atoms with Gasteiger partial charge in [-0.25, -0.2) is 0 Å². The number of carbonyl (C=O) groups is 1. The molecule has 0 aliphatic carbocycles. The Hall–Kier alpha value is -2.13. The summed E-state index contributed by atoms with van der Waals surface area (Å²) in [5.41, 5.74) is 4.66. The number of benzene rings is 2. The second kappa shape index (κ2) is 7.76. The molecule has 2 aromatic carbocycles. The van der Waals surface area contributed by atoms with Crippen LogP contribution in [-0.2, 0) is 17.8 Å². The predicted octanol–water partition coefficient (Wildman–Crippen LogP) is 2.21. The van der Waals surface area contributed by atoms with Gasteiger partial charge in [-0.15, -0.1) is 0 Å². The number of likely N-dealkylation sites (N-methyl/N-ethyl adjacent to an activating group) is 1. The first-order valence-corrected chi connectivity index (χ1v) is 7.82. The Balaban J connectivity index is 1.83. The number of hydrogen-bond donors (Lipinski definition) is 2. The minimum absolute atomic E-state index is 0.0499. The van der Waals surface area contributed by atoms with Crippen LogP contribution in [0.15, 0.2) is 48.5 Å². The van der Waals surface area contributed by atoms with E-state index in [1.54, 1.807) is 0 Å². The maximum absolute atomic E-state index is 12.1. The summed E-state index contributed by atoms with van der Waals surface area (Å²) < 4.78 is 0. The summed E-state index contributed by atoms with van der Waals surface area (Å²) in [5.74, 6) is 0.0499. The molecule has 116 valence electrons. The van der Waals surface area contributed by atoms with Gasteiger partial charge in [0.15, 0.2) is 6.54 Å². The first-order valence-electron chi connectivity index (χ1n) is 7.82. The van der Waals surface area contributed by atoms with Gasteiger partial charge in [-0.1, -0.05) is 48.9 Å². The van der Waals surface area contributed by atoms with Crippen LogP contribution in [0.5, 0.6) is 0 Å². The normalized spacial score (nSPS) is 12.0. The molecule has 0 aliphatic heterocycles. The van der Waals surface area contributed by atoms with E-state index >= 15 is 0 Å². The van der Waals surface area contributed by atoms with Crippen LogP contribution in [0.1, 0.15) is 23.6 Å². The molecule has 2 aromatic rings. The topological polar surface area (TPSA) is 33.5 Å². The molecule has 0 fully saturated rings. The van der Waals surface area contributed by atoms with Crippen molar-refractivity contribution < 1.29 is 9.69 Å². The molecule has 0 aromatic heterocycles. The third-order valence-corrected chi connectivity index (χ3v) is 3.73. The standard InChI is InChI=1S/C19H24N2O/c1-4-16-9-11-18(12-10-16)20-19(22)14-21(3)13-17-7-5-15(2)6-8-17/h5-12H,4,13-14H2,1-3H3,(H,20,22)/p+1. The van der Waals surface area contributed by atoms with Crippen LogP contribution < -0.4 is 10.2 Å². The molecule has 0 saturated carbocycles. The lowest BCUT2D eigenvalue weighted by atomic mass is 10.1. The summed E-state index contributed by atoms with van der Waals surface area (Å²) in [6.07, 6.45) is 1.01. The molecule has 1 atom stereocenters. The van der Waals surface area contributed by atoms with Crippen LogP contribution in [0.2, 0.25) is 0 Å². The van der Waals surface area contributed by atoms with Crippen molar-refractivity contribution in [1.29, 1.82) is 0 Å². The molecule has 22 heavy (non-hydrogen) atoms. The largest absolute Gasteiger partial charge is 0.326 e. The van der Waals surface area contributed by atoms with Gasteiger partial charge in [-0.2, -0.15) is 0 Å². The third-order valence-electron chi connectivity index (χ3n) is 3.73. The molecular weight excluding hydrogens is 272 g/mol. The fourth-order valence-corrected chi connectivity index (χ4v) is 2.42. The van der Waals surface area contributed by atoms with E-state index in [-0.39, 0.29) is 5.91 Å². The summed E-state index contributed by atoms with van der Waals surface area (Å²) in [6.45, 7) is 5.51. The zero-order valence-corrected chi connectivity index (χ0v) is 13.6. The molecular formula is C19H25N2O+. The minimum atomic E-state index is 0.0499. The Bertz CT molecular complexity index is 602. The monoisotopic (exact) mass is 297 g/mol. The second-order valence-corrected chi connectivity index (χ2v) is 5.89. The molecule has 0 bridgehead atoms. The molecule has 0 heterocycles. The van der Waals surface area contributed by atoms with E-state index in [9.17, 15) is 4.79 Å².